The predicted molar refractivity (Wildman–Crippen MR) is 182 cm³/mol. The summed E-state index contributed by atoms with van der Waals surface area (Å²) in [6.45, 7) is 2.16. The molecular formula is C38H32ClN3O5S. The molecule has 2 aliphatic carbocycles. The number of nitrogens with zero attached hydrogens (tertiary/aromatic N) is 2. The number of amides is 4. The van der Waals surface area contributed by atoms with Gasteiger partial charge in [0.1, 0.15) is 5.75 Å². The normalized spacial score (nSPS) is 27.9. The third kappa shape index (κ3) is 4.48. The Bertz CT molecular complexity index is 2000. The van der Waals surface area contributed by atoms with Crippen LogP contribution in [0.25, 0.3) is 0 Å². The van der Waals surface area contributed by atoms with Gasteiger partial charge in [0.15, 0.2) is 0 Å². The highest BCUT2D eigenvalue weighted by Gasteiger charge is 2.70. The molecule has 8 rings (SSSR count). The number of anilines is 1. The van der Waals surface area contributed by atoms with E-state index in [0.717, 1.165) is 21.0 Å². The molecule has 48 heavy (non-hydrogen) atoms. The van der Waals surface area contributed by atoms with E-state index in [1.807, 2.05) is 85.1 Å². The van der Waals surface area contributed by atoms with Crippen molar-refractivity contribution in [3.63, 3.8) is 0 Å². The largest absolute Gasteiger partial charge is 0.508 e. The molecule has 1 aromatic heterocycles. The van der Waals surface area contributed by atoms with Crippen LogP contribution in [0.1, 0.15) is 40.3 Å². The molecule has 3 aromatic carbocycles. The molecule has 4 amide bonds. The lowest BCUT2D eigenvalue weighted by Gasteiger charge is -2.50. The zero-order valence-corrected chi connectivity index (χ0v) is 27.6. The Hall–Kier alpha value is -4.73. The van der Waals surface area contributed by atoms with Gasteiger partial charge in [0.25, 0.3) is 11.8 Å². The molecule has 10 heteroatoms. The highest BCUT2D eigenvalue weighted by molar-refractivity contribution is 7.09. The number of likely N-dealkylation sites (tertiary alicyclic amines) is 1. The minimum absolute atomic E-state index is 0.0690. The number of hydrogen-bond acceptors (Lipinski definition) is 7. The number of hydrazine groups is 1. The number of aryl methyl sites for hydroxylation is 1. The number of halogens is 1. The number of carbonyl (C=O) groups excluding carboxylic acids is 4. The molecular weight excluding hydrogens is 646 g/mol. The van der Waals surface area contributed by atoms with E-state index in [1.165, 1.54) is 22.3 Å². The summed E-state index contributed by atoms with van der Waals surface area (Å²) in [6, 6.07) is 25.2. The van der Waals surface area contributed by atoms with Crippen LogP contribution in [0.5, 0.6) is 5.75 Å². The smallest absolute Gasteiger partial charge is 0.260 e. The van der Waals surface area contributed by atoms with Gasteiger partial charge in [-0.15, -0.1) is 11.3 Å². The van der Waals surface area contributed by atoms with E-state index >= 15 is 4.79 Å². The molecule has 3 heterocycles. The van der Waals surface area contributed by atoms with Gasteiger partial charge in [-0.05, 0) is 73.0 Å². The van der Waals surface area contributed by atoms with Crippen molar-refractivity contribution in [3.8, 4) is 5.75 Å². The van der Waals surface area contributed by atoms with Crippen LogP contribution in [-0.4, -0.2) is 38.6 Å². The average Bonchev–Trinajstić information content (AvgIpc) is 3.75. The number of phenolic OH excluding ortho intramolecular Hbond substituents is 1. The van der Waals surface area contributed by atoms with Gasteiger partial charge in [-0.1, -0.05) is 77.3 Å². The van der Waals surface area contributed by atoms with Crippen molar-refractivity contribution in [1.82, 2.24) is 9.91 Å². The molecule has 6 atom stereocenters. The summed E-state index contributed by atoms with van der Waals surface area (Å²) < 4.78 is 0. The number of imide groups is 2. The third-order valence-electron chi connectivity index (χ3n) is 10.7. The standard InChI is InChI=1S/C38H32ClN3O5S/c1-21-9-12-24(13-10-21)40-42-35(45)30-19-28-26(14-15-27-32(28)36(46)41(34(27)44)20-25-8-5-17-48-25)33(29-18-23(39)11-16-31(29)43)38(30,37(42)47)22-6-3-2-4-7-22/h2-14,16-18,27-28,30,32-33,40,43H,15,19-20H2,1H3. The molecule has 0 radical (unpaired) electrons. The molecule has 2 saturated heterocycles. The Kier molecular flexibility index (Phi) is 7.30. The van der Waals surface area contributed by atoms with Gasteiger partial charge >= 0.3 is 0 Å². The van der Waals surface area contributed by atoms with Gasteiger partial charge < -0.3 is 5.11 Å². The summed E-state index contributed by atoms with van der Waals surface area (Å²) in [7, 11) is 0. The molecule has 0 spiro atoms. The molecule has 0 bridgehead atoms. The summed E-state index contributed by atoms with van der Waals surface area (Å²) in [6.07, 6.45) is 2.47. The molecule has 8 nitrogen and oxygen atoms in total. The highest BCUT2D eigenvalue weighted by Crippen LogP contribution is 2.65. The molecule has 2 aliphatic heterocycles. The Morgan fingerprint density at radius 2 is 1.69 bits per heavy atom. The first-order valence-electron chi connectivity index (χ1n) is 16.0. The maximum absolute atomic E-state index is 15.1. The van der Waals surface area contributed by atoms with E-state index in [9.17, 15) is 19.5 Å². The van der Waals surface area contributed by atoms with E-state index in [-0.39, 0.29) is 30.5 Å². The SMILES string of the molecule is Cc1ccc(NN2C(=O)C3CC4C(=CCC5C(=O)N(Cc6cccs6)C(=O)C54)C(c4cc(Cl)ccc4O)C3(c3ccccc3)C2=O)cc1. The predicted octanol–water partition coefficient (Wildman–Crippen LogP) is 6.60. The highest BCUT2D eigenvalue weighted by atomic mass is 35.5. The van der Waals surface area contributed by atoms with Crippen LogP contribution in [0.3, 0.4) is 0 Å². The lowest BCUT2D eigenvalue weighted by Crippen LogP contribution is -2.53. The molecule has 3 fully saturated rings. The first-order chi connectivity index (χ1) is 23.2. The van der Waals surface area contributed by atoms with E-state index < -0.39 is 46.8 Å². The van der Waals surface area contributed by atoms with Crippen LogP contribution in [0, 0.1) is 30.6 Å². The molecule has 1 saturated carbocycles. The number of phenols is 1. The lowest BCUT2D eigenvalue weighted by atomic mass is 9.49. The summed E-state index contributed by atoms with van der Waals surface area (Å²) in [5.41, 5.74) is 5.01. The second-order valence-electron chi connectivity index (χ2n) is 13.1. The number of carbonyl (C=O) groups is 4. The van der Waals surface area contributed by atoms with Crippen LogP contribution >= 0.6 is 22.9 Å². The Balaban J connectivity index is 1.31. The first kappa shape index (κ1) is 30.6. The zero-order chi connectivity index (χ0) is 33.3. The molecule has 4 aromatic rings. The summed E-state index contributed by atoms with van der Waals surface area (Å²) >= 11 is 8.06. The second-order valence-corrected chi connectivity index (χ2v) is 14.6. The zero-order valence-electron chi connectivity index (χ0n) is 26.0. The second kappa shape index (κ2) is 11.5. The maximum Gasteiger partial charge on any atom is 0.260 e. The van der Waals surface area contributed by atoms with Gasteiger partial charge in [0.2, 0.25) is 11.8 Å². The minimum atomic E-state index is -1.48. The number of thiophene rings is 1. The fourth-order valence-corrected chi connectivity index (χ4v) is 9.50. The van der Waals surface area contributed by atoms with Crippen molar-refractivity contribution in [1.29, 1.82) is 0 Å². The Morgan fingerprint density at radius 1 is 0.917 bits per heavy atom. The molecule has 6 unspecified atom stereocenters. The van der Waals surface area contributed by atoms with Crippen molar-refractivity contribution in [2.24, 2.45) is 23.7 Å². The van der Waals surface area contributed by atoms with Crippen LogP contribution in [0.4, 0.5) is 5.69 Å². The van der Waals surface area contributed by atoms with Crippen LogP contribution in [-0.2, 0) is 31.1 Å². The topological polar surface area (TPSA) is 107 Å². The number of fused-ring (bicyclic) bond motifs is 4. The Morgan fingerprint density at radius 3 is 2.42 bits per heavy atom. The van der Waals surface area contributed by atoms with E-state index in [1.54, 1.807) is 12.1 Å². The minimum Gasteiger partial charge on any atom is -0.508 e. The molecule has 4 aliphatic rings. The van der Waals surface area contributed by atoms with E-state index in [0.29, 0.717) is 28.3 Å². The number of allylic oxidation sites excluding steroid dienone is 2. The third-order valence-corrected chi connectivity index (χ3v) is 11.8. The number of hydrogen-bond donors (Lipinski definition) is 2. The van der Waals surface area contributed by atoms with Gasteiger partial charge in [-0.3, -0.25) is 29.5 Å². The van der Waals surface area contributed by atoms with Crippen molar-refractivity contribution in [2.45, 2.75) is 37.6 Å². The summed E-state index contributed by atoms with van der Waals surface area (Å²) in [4.78, 5) is 60.1. The fourth-order valence-electron chi connectivity index (χ4n) is 8.63. The van der Waals surface area contributed by atoms with E-state index in [4.69, 9.17) is 11.6 Å². The number of aromatic hydroxyl groups is 1. The molecule has 2 N–H and O–H groups in total. The van der Waals surface area contributed by atoms with Crippen LogP contribution < -0.4 is 5.43 Å². The van der Waals surface area contributed by atoms with E-state index in [2.05, 4.69) is 5.43 Å². The van der Waals surface area contributed by atoms with Crippen LogP contribution in [0.2, 0.25) is 5.02 Å². The van der Waals surface area contributed by atoms with Gasteiger partial charge in [0, 0.05) is 21.4 Å². The number of benzene rings is 3. The molecule has 242 valence electrons. The Labute approximate surface area is 286 Å². The number of nitrogens with one attached hydrogen (secondary N) is 1. The van der Waals surface area contributed by atoms with Crippen LogP contribution in [0.15, 0.2) is 102 Å². The fraction of sp³-hybridized carbons (Fsp3) is 0.263. The van der Waals surface area contributed by atoms with Crippen molar-refractivity contribution in [2.75, 3.05) is 5.43 Å². The van der Waals surface area contributed by atoms with Gasteiger partial charge in [0.05, 0.1) is 35.4 Å². The van der Waals surface area contributed by atoms with Crippen molar-refractivity contribution in [3.05, 3.63) is 129 Å². The maximum atomic E-state index is 15.1. The lowest BCUT2D eigenvalue weighted by molar-refractivity contribution is -0.141. The average molecular weight is 678 g/mol. The van der Waals surface area contributed by atoms with Gasteiger partial charge in [-0.25, -0.2) is 0 Å². The summed E-state index contributed by atoms with van der Waals surface area (Å²) in [5.74, 6) is -4.98. The summed E-state index contributed by atoms with van der Waals surface area (Å²) in [5, 5.41) is 14.8. The monoisotopic (exact) mass is 677 g/mol. The first-order valence-corrected chi connectivity index (χ1v) is 17.3. The quantitative estimate of drug-likeness (QED) is 0.176. The van der Waals surface area contributed by atoms with Crippen molar-refractivity contribution >= 4 is 52.3 Å². The number of rotatable bonds is 6. The van der Waals surface area contributed by atoms with Gasteiger partial charge in [-0.2, -0.15) is 5.01 Å². The van der Waals surface area contributed by atoms with Crippen molar-refractivity contribution < 1.29 is 24.3 Å².